The van der Waals surface area contributed by atoms with Crippen molar-refractivity contribution < 1.29 is 0 Å². The second-order valence-corrected chi connectivity index (χ2v) is 6.09. The molecular weight excluding hydrogens is 228 g/mol. The van der Waals surface area contributed by atoms with Gasteiger partial charge in [-0.15, -0.1) is 0 Å². The predicted octanol–water partition coefficient (Wildman–Crippen LogP) is 6.30. The minimum Gasteiger partial charge on any atom is -0.0654 e. The highest BCUT2D eigenvalue weighted by molar-refractivity contribution is 5.36. The van der Waals surface area contributed by atoms with Crippen LogP contribution in [0.25, 0.3) is 0 Å². The van der Waals surface area contributed by atoms with Gasteiger partial charge in [0, 0.05) is 0 Å². The van der Waals surface area contributed by atoms with Crippen molar-refractivity contribution >= 4 is 0 Å². The summed E-state index contributed by atoms with van der Waals surface area (Å²) in [4.78, 5) is 0. The van der Waals surface area contributed by atoms with Gasteiger partial charge in [-0.1, -0.05) is 64.0 Å². The highest BCUT2D eigenvalue weighted by atomic mass is 14.1. The first-order chi connectivity index (χ1) is 9.15. The maximum atomic E-state index is 2.39. The van der Waals surface area contributed by atoms with Gasteiger partial charge in [-0.25, -0.2) is 0 Å². The third-order valence-electron chi connectivity index (χ3n) is 4.25. The van der Waals surface area contributed by atoms with Gasteiger partial charge in [0.1, 0.15) is 0 Å². The lowest BCUT2D eigenvalue weighted by molar-refractivity contribution is 0.575. The summed E-state index contributed by atoms with van der Waals surface area (Å²) < 4.78 is 0. The zero-order valence-corrected chi connectivity index (χ0v) is 13.5. The first-order valence-electron chi connectivity index (χ1n) is 8.22. The third-order valence-corrected chi connectivity index (χ3v) is 4.25. The molecule has 0 heterocycles. The molecule has 0 nitrogen and oxygen atoms in total. The van der Waals surface area contributed by atoms with E-state index in [1.54, 1.807) is 5.56 Å². The number of hydrogen-bond donors (Lipinski definition) is 0. The van der Waals surface area contributed by atoms with Crippen LogP contribution in [0.1, 0.15) is 80.5 Å². The highest BCUT2D eigenvalue weighted by Gasteiger charge is 2.01. The molecule has 0 saturated carbocycles. The van der Waals surface area contributed by atoms with Crippen LogP contribution in [0.4, 0.5) is 0 Å². The molecule has 0 N–H and O–H groups in total. The maximum absolute atomic E-state index is 2.39. The van der Waals surface area contributed by atoms with E-state index in [9.17, 15) is 0 Å². The van der Waals surface area contributed by atoms with E-state index in [1.165, 1.54) is 74.5 Å². The molecule has 0 aliphatic carbocycles. The van der Waals surface area contributed by atoms with E-state index < -0.39 is 0 Å². The largest absolute Gasteiger partial charge is 0.0654 e. The molecule has 0 aliphatic rings. The normalized spacial score (nSPS) is 10.9. The molecule has 0 aliphatic heterocycles. The third kappa shape index (κ3) is 6.27. The molecule has 19 heavy (non-hydrogen) atoms. The van der Waals surface area contributed by atoms with Gasteiger partial charge in [-0.05, 0) is 55.9 Å². The molecule has 0 unspecified atom stereocenters. The molecule has 1 rings (SSSR count). The van der Waals surface area contributed by atoms with Crippen LogP contribution in [0.3, 0.4) is 0 Å². The number of benzene rings is 1. The van der Waals surface area contributed by atoms with Gasteiger partial charge in [0.05, 0.1) is 0 Å². The molecule has 1 aromatic rings. The summed E-state index contributed by atoms with van der Waals surface area (Å²) in [6, 6.07) is 4.74. The van der Waals surface area contributed by atoms with Crippen LogP contribution >= 0.6 is 0 Å². The zero-order valence-electron chi connectivity index (χ0n) is 13.5. The smallest absolute Gasteiger partial charge is 0.0276 e. The average Bonchev–Trinajstić information content (AvgIpc) is 2.38. The average molecular weight is 260 g/mol. The Hall–Kier alpha value is -0.780. The van der Waals surface area contributed by atoms with E-state index in [0.717, 1.165) is 0 Å². The second kappa shape index (κ2) is 9.18. The van der Waals surface area contributed by atoms with E-state index in [4.69, 9.17) is 0 Å². The van der Waals surface area contributed by atoms with E-state index >= 15 is 0 Å². The van der Waals surface area contributed by atoms with Crippen LogP contribution in [-0.4, -0.2) is 0 Å². The van der Waals surface area contributed by atoms with Gasteiger partial charge in [0.15, 0.2) is 0 Å². The number of aryl methyl sites for hydroxylation is 4. The van der Waals surface area contributed by atoms with Gasteiger partial charge < -0.3 is 0 Å². The van der Waals surface area contributed by atoms with Crippen molar-refractivity contribution in [2.45, 2.75) is 85.5 Å². The number of rotatable bonds is 9. The molecular formula is C19H32. The van der Waals surface area contributed by atoms with Crippen LogP contribution in [0.2, 0.25) is 0 Å². The Kier molecular flexibility index (Phi) is 7.86. The summed E-state index contributed by atoms with van der Waals surface area (Å²) in [5.41, 5.74) is 5.91. The predicted molar refractivity (Wildman–Crippen MR) is 87.0 cm³/mol. The Balaban J connectivity index is 2.17. The van der Waals surface area contributed by atoms with Crippen molar-refractivity contribution in [2.24, 2.45) is 0 Å². The molecule has 0 amide bonds. The van der Waals surface area contributed by atoms with E-state index in [2.05, 4.69) is 39.8 Å². The van der Waals surface area contributed by atoms with Gasteiger partial charge in [0.25, 0.3) is 0 Å². The van der Waals surface area contributed by atoms with Crippen LogP contribution in [-0.2, 0) is 6.42 Å². The van der Waals surface area contributed by atoms with Gasteiger partial charge in [-0.3, -0.25) is 0 Å². The molecule has 1 aromatic carbocycles. The summed E-state index contributed by atoms with van der Waals surface area (Å²) in [7, 11) is 0. The molecule has 0 saturated heterocycles. The molecule has 0 bridgehead atoms. The minimum atomic E-state index is 1.27. The fourth-order valence-electron chi connectivity index (χ4n) is 2.74. The Morgan fingerprint density at radius 3 is 1.79 bits per heavy atom. The Morgan fingerprint density at radius 2 is 1.16 bits per heavy atom. The second-order valence-electron chi connectivity index (χ2n) is 6.09. The summed E-state index contributed by atoms with van der Waals surface area (Å²) >= 11 is 0. The first-order valence-corrected chi connectivity index (χ1v) is 8.22. The van der Waals surface area contributed by atoms with E-state index in [0.29, 0.717) is 0 Å². The SMILES string of the molecule is CCCCCCCCCCc1cc(C)c(C)cc1C. The van der Waals surface area contributed by atoms with Gasteiger partial charge in [0.2, 0.25) is 0 Å². The Morgan fingerprint density at radius 1 is 0.632 bits per heavy atom. The van der Waals surface area contributed by atoms with Crippen molar-refractivity contribution in [3.8, 4) is 0 Å². The first kappa shape index (κ1) is 16.3. The standard InChI is InChI=1S/C19H32/c1-5-6-7-8-9-10-11-12-13-19-15-17(3)16(2)14-18(19)4/h14-15H,5-13H2,1-4H3. The molecule has 0 heteroatoms. The molecule has 0 atom stereocenters. The zero-order chi connectivity index (χ0) is 14.1. The summed E-state index contributed by atoms with van der Waals surface area (Å²) in [6.07, 6.45) is 12.5. The maximum Gasteiger partial charge on any atom is -0.0276 e. The molecule has 0 aromatic heterocycles. The fraction of sp³-hybridized carbons (Fsp3) is 0.684. The molecule has 108 valence electrons. The summed E-state index contributed by atoms with van der Waals surface area (Å²) in [5.74, 6) is 0. The van der Waals surface area contributed by atoms with Crippen LogP contribution in [0.5, 0.6) is 0 Å². The van der Waals surface area contributed by atoms with Gasteiger partial charge in [-0.2, -0.15) is 0 Å². The lowest BCUT2D eigenvalue weighted by atomic mass is 9.96. The van der Waals surface area contributed by atoms with Gasteiger partial charge >= 0.3 is 0 Å². The molecule has 0 fully saturated rings. The van der Waals surface area contributed by atoms with Crippen molar-refractivity contribution in [2.75, 3.05) is 0 Å². The van der Waals surface area contributed by atoms with Crippen molar-refractivity contribution in [1.29, 1.82) is 0 Å². The van der Waals surface area contributed by atoms with Crippen molar-refractivity contribution in [1.82, 2.24) is 0 Å². The van der Waals surface area contributed by atoms with E-state index in [1.807, 2.05) is 0 Å². The Bertz CT molecular complexity index is 363. The van der Waals surface area contributed by atoms with E-state index in [-0.39, 0.29) is 0 Å². The quantitative estimate of drug-likeness (QED) is 0.457. The molecule has 0 radical (unpaired) electrons. The number of unbranched alkanes of at least 4 members (excludes halogenated alkanes) is 7. The van der Waals surface area contributed by atoms with Crippen LogP contribution in [0, 0.1) is 20.8 Å². The lowest BCUT2D eigenvalue weighted by Crippen LogP contribution is -1.94. The number of hydrogen-bond acceptors (Lipinski definition) is 0. The topological polar surface area (TPSA) is 0 Å². The molecule has 0 spiro atoms. The summed E-state index contributed by atoms with van der Waals surface area (Å²) in [6.45, 7) is 8.98. The van der Waals surface area contributed by atoms with Crippen molar-refractivity contribution in [3.63, 3.8) is 0 Å². The van der Waals surface area contributed by atoms with Crippen molar-refractivity contribution in [3.05, 3.63) is 34.4 Å². The lowest BCUT2D eigenvalue weighted by Gasteiger charge is -2.09. The monoisotopic (exact) mass is 260 g/mol. The minimum absolute atomic E-state index is 1.27. The van der Waals surface area contributed by atoms with Crippen LogP contribution < -0.4 is 0 Å². The Labute approximate surface area is 120 Å². The van der Waals surface area contributed by atoms with Crippen LogP contribution in [0.15, 0.2) is 12.1 Å². The fourth-order valence-corrected chi connectivity index (χ4v) is 2.74. The highest BCUT2D eigenvalue weighted by Crippen LogP contribution is 2.18. The summed E-state index contributed by atoms with van der Waals surface area (Å²) in [5, 5.41) is 0.